The van der Waals surface area contributed by atoms with Crippen LogP contribution in [0, 0.1) is 11.3 Å². The van der Waals surface area contributed by atoms with Crippen LogP contribution in [-0.4, -0.2) is 24.9 Å². The van der Waals surface area contributed by atoms with Crippen LogP contribution in [0.3, 0.4) is 0 Å². The Morgan fingerprint density at radius 2 is 2.08 bits per heavy atom. The van der Waals surface area contributed by atoms with Crippen LogP contribution in [0.15, 0.2) is 23.4 Å². The monoisotopic (exact) mass is 179 g/mol. The molecule has 13 heavy (non-hydrogen) atoms. The summed E-state index contributed by atoms with van der Waals surface area (Å²) in [6.07, 6.45) is 3.42. The molecule has 70 valence electrons. The predicted octanol–water partition coefficient (Wildman–Crippen LogP) is 0.387. The summed E-state index contributed by atoms with van der Waals surface area (Å²) in [5, 5.41) is 8.58. The van der Waals surface area contributed by atoms with Crippen LogP contribution < -0.4 is 5.73 Å². The van der Waals surface area contributed by atoms with E-state index in [1.165, 1.54) is 0 Å². The van der Waals surface area contributed by atoms with Gasteiger partial charge in [-0.3, -0.25) is 4.79 Å². The summed E-state index contributed by atoms with van der Waals surface area (Å²) in [5.74, 6) is -0.691. The zero-order valence-corrected chi connectivity index (χ0v) is 8.03. The molecule has 0 fully saturated rings. The Morgan fingerprint density at radius 1 is 1.54 bits per heavy atom. The topological polar surface area (TPSA) is 70.1 Å². The molecule has 0 aliphatic rings. The van der Waals surface area contributed by atoms with Gasteiger partial charge in [0.05, 0.1) is 0 Å². The minimum atomic E-state index is -0.691. The van der Waals surface area contributed by atoms with E-state index in [1.807, 2.05) is 14.1 Å². The highest BCUT2D eigenvalue weighted by molar-refractivity contribution is 5.97. The van der Waals surface area contributed by atoms with Gasteiger partial charge in [0, 0.05) is 14.1 Å². The maximum absolute atomic E-state index is 10.7. The lowest BCUT2D eigenvalue weighted by Gasteiger charge is -2.03. The molecule has 4 heteroatoms. The second-order valence-corrected chi connectivity index (χ2v) is 2.81. The molecule has 0 saturated heterocycles. The molecule has 0 spiro atoms. The fourth-order valence-corrected chi connectivity index (χ4v) is 0.682. The lowest BCUT2D eigenvalue weighted by molar-refractivity contribution is -0.114. The average Bonchev–Trinajstić information content (AvgIpc) is 2.01. The number of primary amides is 1. The molecule has 0 radical (unpaired) electrons. The van der Waals surface area contributed by atoms with E-state index in [0.29, 0.717) is 5.57 Å². The molecule has 0 aromatic carbocycles. The molecule has 0 rings (SSSR count). The number of amides is 1. The number of hydrogen-bond donors (Lipinski definition) is 1. The number of nitrogens with zero attached hydrogens (tertiary/aromatic N) is 2. The van der Waals surface area contributed by atoms with E-state index in [4.69, 9.17) is 11.0 Å². The van der Waals surface area contributed by atoms with Gasteiger partial charge in [-0.05, 0) is 24.8 Å². The van der Waals surface area contributed by atoms with E-state index in [-0.39, 0.29) is 5.57 Å². The van der Waals surface area contributed by atoms with Crippen LogP contribution >= 0.6 is 0 Å². The number of rotatable bonds is 3. The first kappa shape index (κ1) is 11.2. The van der Waals surface area contributed by atoms with E-state index in [9.17, 15) is 4.79 Å². The molecule has 0 unspecified atom stereocenters. The number of allylic oxidation sites excluding steroid dienone is 2. The van der Waals surface area contributed by atoms with Gasteiger partial charge in [-0.2, -0.15) is 5.26 Å². The summed E-state index contributed by atoms with van der Waals surface area (Å²) in [5.41, 5.74) is 5.56. The largest absolute Gasteiger partial charge is 0.383 e. The minimum Gasteiger partial charge on any atom is -0.383 e. The lowest BCUT2D eigenvalue weighted by Crippen LogP contribution is -2.14. The Bertz CT molecular complexity index is 294. The van der Waals surface area contributed by atoms with Crippen molar-refractivity contribution in [3.05, 3.63) is 23.4 Å². The summed E-state index contributed by atoms with van der Waals surface area (Å²) in [6.45, 7) is 1.67. The van der Waals surface area contributed by atoms with Crippen molar-refractivity contribution in [2.75, 3.05) is 14.1 Å². The Kier molecular flexibility index (Phi) is 4.31. The molecule has 0 bridgehead atoms. The summed E-state index contributed by atoms with van der Waals surface area (Å²) < 4.78 is 0. The molecule has 0 heterocycles. The van der Waals surface area contributed by atoms with Gasteiger partial charge >= 0.3 is 0 Å². The first-order valence-electron chi connectivity index (χ1n) is 3.74. The molecular weight excluding hydrogens is 166 g/mol. The van der Waals surface area contributed by atoms with Crippen molar-refractivity contribution in [3.8, 4) is 6.07 Å². The van der Waals surface area contributed by atoms with Gasteiger partial charge in [0.1, 0.15) is 11.6 Å². The van der Waals surface area contributed by atoms with E-state index in [0.717, 1.165) is 0 Å². The van der Waals surface area contributed by atoms with Gasteiger partial charge < -0.3 is 10.6 Å². The number of carbonyl (C=O) groups is 1. The molecular formula is C9H13N3O. The number of nitrogens with two attached hydrogens (primary N) is 1. The first-order valence-corrected chi connectivity index (χ1v) is 3.74. The van der Waals surface area contributed by atoms with Crippen molar-refractivity contribution in [3.63, 3.8) is 0 Å². The minimum absolute atomic E-state index is 0.00176. The van der Waals surface area contributed by atoms with E-state index in [1.54, 1.807) is 30.2 Å². The highest BCUT2D eigenvalue weighted by Crippen LogP contribution is 2.03. The number of hydrogen-bond acceptors (Lipinski definition) is 3. The normalized spacial score (nSPS) is 12.2. The van der Waals surface area contributed by atoms with Crippen LogP contribution in [0.1, 0.15) is 6.92 Å². The molecule has 1 amide bonds. The van der Waals surface area contributed by atoms with Crippen LogP contribution in [0.25, 0.3) is 0 Å². The Morgan fingerprint density at radius 3 is 2.38 bits per heavy atom. The highest BCUT2D eigenvalue weighted by atomic mass is 16.1. The maximum Gasteiger partial charge on any atom is 0.259 e. The van der Waals surface area contributed by atoms with Crippen LogP contribution in [0.4, 0.5) is 0 Å². The predicted molar refractivity (Wildman–Crippen MR) is 50.3 cm³/mol. The molecule has 0 atom stereocenters. The average molecular weight is 179 g/mol. The third kappa shape index (κ3) is 3.97. The standard InChI is InChI=1S/C9H13N3O/c1-7(4-5-12(2)3)8(6-10)9(11)13/h4-5H,1-3H3,(H2,11,13)/b5-4-,8-7+. The van der Waals surface area contributed by atoms with Gasteiger partial charge in [0.15, 0.2) is 0 Å². The molecule has 0 aliphatic heterocycles. The van der Waals surface area contributed by atoms with E-state index >= 15 is 0 Å². The number of nitriles is 1. The van der Waals surface area contributed by atoms with Gasteiger partial charge in [0.2, 0.25) is 0 Å². The Balaban J connectivity index is 4.80. The zero-order chi connectivity index (χ0) is 10.4. The summed E-state index contributed by atoms with van der Waals surface area (Å²) >= 11 is 0. The van der Waals surface area contributed by atoms with Gasteiger partial charge in [-0.25, -0.2) is 0 Å². The fourth-order valence-electron chi connectivity index (χ4n) is 0.682. The van der Waals surface area contributed by atoms with Crippen LogP contribution in [0.2, 0.25) is 0 Å². The van der Waals surface area contributed by atoms with Crippen molar-refractivity contribution in [1.82, 2.24) is 4.90 Å². The molecule has 2 N–H and O–H groups in total. The van der Waals surface area contributed by atoms with Crippen molar-refractivity contribution in [2.45, 2.75) is 6.92 Å². The third-order valence-electron chi connectivity index (χ3n) is 1.38. The first-order chi connectivity index (χ1) is 5.99. The van der Waals surface area contributed by atoms with Gasteiger partial charge in [-0.1, -0.05) is 0 Å². The SMILES string of the molecule is CC(/C=C\N(C)C)=C(/C#N)C(N)=O. The van der Waals surface area contributed by atoms with Gasteiger partial charge in [-0.15, -0.1) is 0 Å². The zero-order valence-electron chi connectivity index (χ0n) is 8.03. The molecule has 0 aromatic heterocycles. The van der Waals surface area contributed by atoms with Crippen molar-refractivity contribution in [2.24, 2.45) is 5.73 Å². The van der Waals surface area contributed by atoms with E-state index in [2.05, 4.69) is 0 Å². The summed E-state index contributed by atoms with van der Waals surface area (Å²) in [4.78, 5) is 12.5. The highest BCUT2D eigenvalue weighted by Gasteiger charge is 2.05. The van der Waals surface area contributed by atoms with Crippen LogP contribution in [0.5, 0.6) is 0 Å². The van der Waals surface area contributed by atoms with Crippen molar-refractivity contribution in [1.29, 1.82) is 5.26 Å². The fraction of sp³-hybridized carbons (Fsp3) is 0.333. The summed E-state index contributed by atoms with van der Waals surface area (Å²) in [7, 11) is 3.69. The maximum atomic E-state index is 10.7. The van der Waals surface area contributed by atoms with Crippen molar-refractivity contribution >= 4 is 5.91 Å². The second-order valence-electron chi connectivity index (χ2n) is 2.81. The van der Waals surface area contributed by atoms with Gasteiger partial charge in [0.25, 0.3) is 5.91 Å². The summed E-state index contributed by atoms with van der Waals surface area (Å²) in [6, 6.07) is 1.76. The second kappa shape index (κ2) is 4.99. The quantitative estimate of drug-likeness (QED) is 0.387. The third-order valence-corrected chi connectivity index (χ3v) is 1.38. The molecule has 0 aromatic rings. The van der Waals surface area contributed by atoms with E-state index < -0.39 is 5.91 Å². The molecule has 4 nitrogen and oxygen atoms in total. The lowest BCUT2D eigenvalue weighted by atomic mass is 10.1. The molecule has 0 aliphatic carbocycles. The Labute approximate surface area is 77.9 Å². The molecule has 0 saturated carbocycles. The number of carbonyl (C=O) groups excluding carboxylic acids is 1. The Hall–Kier alpha value is -1.76. The van der Waals surface area contributed by atoms with Crippen LogP contribution in [-0.2, 0) is 4.79 Å². The van der Waals surface area contributed by atoms with Crippen molar-refractivity contribution < 1.29 is 4.79 Å². The smallest absolute Gasteiger partial charge is 0.259 e.